The van der Waals surface area contributed by atoms with Gasteiger partial charge in [-0.2, -0.15) is 0 Å². The summed E-state index contributed by atoms with van der Waals surface area (Å²) in [5.41, 5.74) is 1.58. The highest BCUT2D eigenvalue weighted by Gasteiger charge is 2.19. The number of aliphatic hydroxyl groups excluding tert-OH is 1. The van der Waals surface area contributed by atoms with Crippen molar-refractivity contribution in [1.82, 2.24) is 0 Å². The van der Waals surface area contributed by atoms with Crippen LogP contribution < -0.4 is 0 Å². The Hall–Kier alpha value is -0.890. The van der Waals surface area contributed by atoms with Gasteiger partial charge in [-0.1, -0.05) is 39.2 Å². The van der Waals surface area contributed by atoms with Gasteiger partial charge in [0.05, 0.1) is 6.10 Å². The van der Waals surface area contributed by atoms with E-state index in [-0.39, 0.29) is 11.7 Å². The Kier molecular flexibility index (Phi) is 5.63. The molecule has 1 aromatic rings. The number of benzene rings is 1. The van der Waals surface area contributed by atoms with Gasteiger partial charge in [-0.3, -0.25) is 0 Å². The highest BCUT2D eigenvalue weighted by Crippen LogP contribution is 2.29. The predicted octanol–water partition coefficient (Wildman–Crippen LogP) is 4.38. The largest absolute Gasteiger partial charge is 0.388 e. The summed E-state index contributed by atoms with van der Waals surface area (Å²) in [4.78, 5) is 0. The maximum Gasteiger partial charge on any atom is 0.123 e. The van der Waals surface area contributed by atoms with Crippen LogP contribution in [0.25, 0.3) is 0 Å². The van der Waals surface area contributed by atoms with E-state index >= 15 is 0 Å². The van der Waals surface area contributed by atoms with Crippen molar-refractivity contribution in [3.05, 3.63) is 35.1 Å². The molecule has 0 radical (unpaired) electrons. The third-order valence-electron chi connectivity index (χ3n) is 3.31. The lowest BCUT2D eigenvalue weighted by atomic mass is 9.88. The van der Waals surface area contributed by atoms with Gasteiger partial charge in [0.25, 0.3) is 0 Å². The number of rotatable bonds is 6. The van der Waals surface area contributed by atoms with Crippen LogP contribution >= 0.6 is 0 Å². The van der Waals surface area contributed by atoms with Gasteiger partial charge in [0.2, 0.25) is 0 Å². The third kappa shape index (κ3) is 4.12. The normalized spacial score (nSPS) is 14.6. The molecule has 0 unspecified atom stereocenters. The summed E-state index contributed by atoms with van der Waals surface area (Å²) < 4.78 is 13.3. The van der Waals surface area contributed by atoms with Gasteiger partial charge >= 0.3 is 0 Å². The molecule has 0 aromatic heterocycles. The lowest BCUT2D eigenvalue weighted by Crippen LogP contribution is -2.12. The molecule has 0 heterocycles. The van der Waals surface area contributed by atoms with Crippen LogP contribution in [-0.4, -0.2) is 5.11 Å². The van der Waals surface area contributed by atoms with Crippen LogP contribution in [0, 0.1) is 18.7 Å². The first-order valence-electron chi connectivity index (χ1n) is 6.53. The fourth-order valence-electron chi connectivity index (χ4n) is 2.26. The molecule has 1 nitrogen and oxygen atoms in total. The zero-order valence-corrected chi connectivity index (χ0v) is 11.0. The minimum atomic E-state index is -0.541. The molecule has 1 N–H and O–H groups in total. The number of hydrogen-bond donors (Lipinski definition) is 1. The Morgan fingerprint density at radius 3 is 2.47 bits per heavy atom. The van der Waals surface area contributed by atoms with Crippen LogP contribution in [-0.2, 0) is 0 Å². The minimum Gasteiger partial charge on any atom is -0.388 e. The Balaban J connectivity index is 2.81. The highest BCUT2D eigenvalue weighted by molar-refractivity contribution is 5.25. The summed E-state index contributed by atoms with van der Waals surface area (Å²) in [7, 11) is 0. The lowest BCUT2D eigenvalue weighted by molar-refractivity contribution is 0.0985. The van der Waals surface area contributed by atoms with Gasteiger partial charge in [0, 0.05) is 0 Å². The van der Waals surface area contributed by atoms with E-state index in [9.17, 15) is 9.50 Å². The number of unbranched alkanes of at least 4 members (excludes halogenated alkanes) is 1. The molecule has 0 aliphatic carbocycles. The van der Waals surface area contributed by atoms with Crippen LogP contribution in [0.2, 0.25) is 0 Å². The maximum atomic E-state index is 13.3. The number of aryl methyl sites for hydroxylation is 1. The topological polar surface area (TPSA) is 20.2 Å². The fourth-order valence-corrected chi connectivity index (χ4v) is 2.26. The van der Waals surface area contributed by atoms with E-state index in [1.165, 1.54) is 12.1 Å². The lowest BCUT2D eigenvalue weighted by Gasteiger charge is -2.22. The molecule has 2 atom stereocenters. The minimum absolute atomic E-state index is 0.233. The molecule has 0 saturated carbocycles. The zero-order valence-electron chi connectivity index (χ0n) is 11.0. The van der Waals surface area contributed by atoms with E-state index in [4.69, 9.17) is 0 Å². The van der Waals surface area contributed by atoms with Crippen molar-refractivity contribution in [1.29, 1.82) is 0 Å². The first-order chi connectivity index (χ1) is 8.08. The van der Waals surface area contributed by atoms with Crippen LogP contribution in [0.4, 0.5) is 4.39 Å². The van der Waals surface area contributed by atoms with Crippen molar-refractivity contribution in [2.45, 2.75) is 52.6 Å². The van der Waals surface area contributed by atoms with Gasteiger partial charge < -0.3 is 5.11 Å². The van der Waals surface area contributed by atoms with Crippen LogP contribution in [0.3, 0.4) is 0 Å². The second-order valence-corrected chi connectivity index (χ2v) is 4.82. The summed E-state index contributed by atoms with van der Waals surface area (Å²) in [6, 6.07) is 4.82. The molecule has 0 fully saturated rings. The zero-order chi connectivity index (χ0) is 12.8. The van der Waals surface area contributed by atoms with Gasteiger partial charge in [-0.25, -0.2) is 4.39 Å². The van der Waals surface area contributed by atoms with Crippen molar-refractivity contribution in [3.63, 3.8) is 0 Å². The molecule has 96 valence electrons. The van der Waals surface area contributed by atoms with E-state index in [1.807, 2.05) is 13.0 Å². The molecule has 0 aliphatic rings. The van der Waals surface area contributed by atoms with Gasteiger partial charge in [0.1, 0.15) is 5.82 Å². The Morgan fingerprint density at radius 2 is 1.94 bits per heavy atom. The molecule has 1 aromatic carbocycles. The number of hydrogen-bond acceptors (Lipinski definition) is 1. The fraction of sp³-hybridized carbons (Fsp3) is 0.600. The number of aliphatic hydroxyl groups is 1. The average molecular weight is 238 g/mol. The molecular formula is C15H23FO. The third-order valence-corrected chi connectivity index (χ3v) is 3.31. The monoisotopic (exact) mass is 238 g/mol. The van der Waals surface area contributed by atoms with Gasteiger partial charge in [0.15, 0.2) is 0 Å². The van der Waals surface area contributed by atoms with Gasteiger partial charge in [-0.05, 0) is 42.5 Å². The molecular weight excluding hydrogens is 215 g/mol. The van der Waals surface area contributed by atoms with Crippen molar-refractivity contribution in [2.24, 2.45) is 5.92 Å². The SMILES string of the molecule is CCCC[C@H](CC)[C@@H](O)c1cc(C)cc(F)c1. The standard InChI is InChI=1S/C15H23FO/c1-4-6-7-12(5-2)15(17)13-8-11(3)9-14(16)10-13/h8-10,12,15,17H,4-7H2,1-3H3/t12-,15+/m0/s1. The smallest absolute Gasteiger partial charge is 0.123 e. The molecule has 0 amide bonds. The summed E-state index contributed by atoms with van der Waals surface area (Å²) in [5.74, 6) is -0.0273. The van der Waals surface area contributed by atoms with E-state index in [0.29, 0.717) is 5.56 Å². The quantitative estimate of drug-likeness (QED) is 0.779. The molecule has 17 heavy (non-hydrogen) atoms. The van der Waals surface area contributed by atoms with Crippen LogP contribution in [0.1, 0.15) is 56.8 Å². The maximum absolute atomic E-state index is 13.3. The summed E-state index contributed by atoms with van der Waals surface area (Å²) in [6.07, 6.45) is 3.64. The van der Waals surface area contributed by atoms with Crippen molar-refractivity contribution in [3.8, 4) is 0 Å². The van der Waals surface area contributed by atoms with E-state index in [2.05, 4.69) is 13.8 Å². The second-order valence-electron chi connectivity index (χ2n) is 4.82. The molecule has 2 heteroatoms. The van der Waals surface area contributed by atoms with E-state index in [1.54, 1.807) is 0 Å². The molecule has 0 bridgehead atoms. The van der Waals surface area contributed by atoms with Crippen molar-refractivity contribution < 1.29 is 9.50 Å². The molecule has 1 rings (SSSR count). The Bertz CT molecular complexity index is 329. The molecule has 0 saturated heterocycles. The Labute approximate surface area is 104 Å². The second kappa shape index (κ2) is 6.75. The van der Waals surface area contributed by atoms with Gasteiger partial charge in [-0.15, -0.1) is 0 Å². The van der Waals surface area contributed by atoms with E-state index in [0.717, 1.165) is 31.2 Å². The summed E-state index contributed by atoms with van der Waals surface area (Å²) >= 11 is 0. The first-order valence-corrected chi connectivity index (χ1v) is 6.53. The van der Waals surface area contributed by atoms with E-state index < -0.39 is 6.10 Å². The number of halogens is 1. The first kappa shape index (κ1) is 14.2. The molecule has 0 spiro atoms. The van der Waals surface area contributed by atoms with Crippen LogP contribution in [0.5, 0.6) is 0 Å². The average Bonchev–Trinajstić information content (AvgIpc) is 2.28. The Morgan fingerprint density at radius 1 is 1.24 bits per heavy atom. The summed E-state index contributed by atoms with van der Waals surface area (Å²) in [6.45, 7) is 6.08. The molecule has 0 aliphatic heterocycles. The highest BCUT2D eigenvalue weighted by atomic mass is 19.1. The predicted molar refractivity (Wildman–Crippen MR) is 69.4 cm³/mol. The van der Waals surface area contributed by atoms with Crippen molar-refractivity contribution in [2.75, 3.05) is 0 Å². The van der Waals surface area contributed by atoms with Crippen molar-refractivity contribution >= 4 is 0 Å². The van der Waals surface area contributed by atoms with Crippen LogP contribution in [0.15, 0.2) is 18.2 Å². The summed E-state index contributed by atoms with van der Waals surface area (Å²) in [5, 5.41) is 10.3.